The van der Waals surface area contributed by atoms with Crippen LogP contribution in [0.4, 0.5) is 0 Å². The highest BCUT2D eigenvalue weighted by atomic mass is 16.5. The van der Waals surface area contributed by atoms with Crippen LogP contribution in [0.1, 0.15) is 35.2 Å². The van der Waals surface area contributed by atoms with E-state index >= 15 is 0 Å². The van der Waals surface area contributed by atoms with Gasteiger partial charge in [-0.05, 0) is 31.4 Å². The van der Waals surface area contributed by atoms with E-state index in [1.165, 1.54) is 0 Å². The topological polar surface area (TPSA) is 50.1 Å². The average Bonchev–Trinajstić information content (AvgIpc) is 3.08. The summed E-state index contributed by atoms with van der Waals surface area (Å²) in [5.41, 5.74) is 1.48. The molecule has 1 aliphatic carbocycles. The predicted molar refractivity (Wildman–Crippen MR) is 63.4 cm³/mol. The van der Waals surface area contributed by atoms with E-state index < -0.39 is 0 Å². The number of ether oxygens (including phenoxy) is 1. The standard InChI is InChI=1S/C14H15NO2/c1-11-4-2-3-5-12(11)13(16)17-10-14(6-7-14)8-9-15/h2-5H,6-8,10H2,1H3. The van der Waals surface area contributed by atoms with Crippen molar-refractivity contribution in [3.63, 3.8) is 0 Å². The maximum atomic E-state index is 11.8. The fraction of sp³-hybridized carbons (Fsp3) is 0.429. The summed E-state index contributed by atoms with van der Waals surface area (Å²) in [7, 11) is 0. The molecule has 0 atom stereocenters. The molecular formula is C14H15NO2. The highest BCUT2D eigenvalue weighted by molar-refractivity contribution is 5.90. The summed E-state index contributed by atoms with van der Waals surface area (Å²) in [6.07, 6.45) is 2.46. The first-order valence-electron chi connectivity index (χ1n) is 5.77. The molecule has 0 radical (unpaired) electrons. The molecule has 0 amide bonds. The summed E-state index contributed by atoms with van der Waals surface area (Å²) in [4.78, 5) is 11.8. The molecule has 1 aromatic carbocycles. The number of carbonyl (C=O) groups excluding carboxylic acids is 1. The van der Waals surface area contributed by atoms with Crippen LogP contribution >= 0.6 is 0 Å². The fourth-order valence-corrected chi connectivity index (χ4v) is 1.81. The molecule has 0 aromatic heterocycles. The summed E-state index contributed by atoms with van der Waals surface area (Å²) in [5.74, 6) is -0.285. The lowest BCUT2D eigenvalue weighted by Crippen LogP contribution is -2.15. The monoisotopic (exact) mass is 229 g/mol. The Morgan fingerprint density at radius 2 is 2.18 bits per heavy atom. The first-order chi connectivity index (χ1) is 8.17. The highest BCUT2D eigenvalue weighted by Gasteiger charge is 2.43. The molecule has 0 unspecified atom stereocenters. The second kappa shape index (κ2) is 4.58. The number of nitrogens with zero attached hydrogens (tertiary/aromatic N) is 1. The zero-order valence-corrected chi connectivity index (χ0v) is 9.90. The van der Waals surface area contributed by atoms with Gasteiger partial charge in [0.25, 0.3) is 0 Å². The van der Waals surface area contributed by atoms with Crippen molar-refractivity contribution in [1.82, 2.24) is 0 Å². The van der Waals surface area contributed by atoms with Crippen molar-refractivity contribution >= 4 is 5.97 Å². The van der Waals surface area contributed by atoms with Crippen molar-refractivity contribution in [3.8, 4) is 6.07 Å². The number of carbonyl (C=O) groups is 1. The van der Waals surface area contributed by atoms with Crippen LogP contribution in [0.15, 0.2) is 24.3 Å². The SMILES string of the molecule is Cc1ccccc1C(=O)OCC1(CC#N)CC1. The molecule has 0 heterocycles. The van der Waals surface area contributed by atoms with Crippen LogP contribution in [0.25, 0.3) is 0 Å². The van der Waals surface area contributed by atoms with E-state index in [1.54, 1.807) is 6.07 Å². The second-order valence-electron chi connectivity index (χ2n) is 4.73. The Morgan fingerprint density at radius 3 is 2.76 bits per heavy atom. The quantitative estimate of drug-likeness (QED) is 0.746. The van der Waals surface area contributed by atoms with Crippen molar-refractivity contribution in [1.29, 1.82) is 5.26 Å². The number of rotatable bonds is 4. The molecule has 1 aliphatic rings. The molecule has 3 heteroatoms. The fourth-order valence-electron chi connectivity index (χ4n) is 1.81. The minimum atomic E-state index is -0.285. The zero-order chi connectivity index (χ0) is 12.3. The Hall–Kier alpha value is -1.82. The molecule has 88 valence electrons. The van der Waals surface area contributed by atoms with Crippen molar-refractivity contribution < 1.29 is 9.53 Å². The van der Waals surface area contributed by atoms with E-state index in [4.69, 9.17) is 10.00 Å². The summed E-state index contributed by atoms with van der Waals surface area (Å²) >= 11 is 0. The second-order valence-corrected chi connectivity index (χ2v) is 4.73. The molecule has 0 saturated heterocycles. The van der Waals surface area contributed by atoms with Crippen molar-refractivity contribution in [3.05, 3.63) is 35.4 Å². The summed E-state index contributed by atoms with van der Waals surface area (Å²) < 4.78 is 5.30. The third-order valence-corrected chi connectivity index (χ3v) is 3.29. The highest BCUT2D eigenvalue weighted by Crippen LogP contribution is 2.48. The summed E-state index contributed by atoms with van der Waals surface area (Å²) in [6.45, 7) is 2.26. The molecule has 17 heavy (non-hydrogen) atoms. The molecule has 0 spiro atoms. The van der Waals surface area contributed by atoms with E-state index in [0.29, 0.717) is 18.6 Å². The van der Waals surface area contributed by atoms with Gasteiger partial charge in [-0.2, -0.15) is 5.26 Å². The smallest absolute Gasteiger partial charge is 0.338 e. The number of hydrogen-bond acceptors (Lipinski definition) is 3. The number of benzene rings is 1. The normalized spacial score (nSPS) is 16.0. The van der Waals surface area contributed by atoms with Crippen molar-refractivity contribution in [2.45, 2.75) is 26.2 Å². The van der Waals surface area contributed by atoms with E-state index in [9.17, 15) is 4.79 Å². The molecule has 1 saturated carbocycles. The Kier molecular flexibility index (Phi) is 3.14. The molecule has 2 rings (SSSR count). The largest absolute Gasteiger partial charge is 0.461 e. The Labute approximate surface area is 101 Å². The van der Waals surface area contributed by atoms with Crippen LogP contribution in [0.3, 0.4) is 0 Å². The van der Waals surface area contributed by atoms with Crippen LogP contribution in [-0.4, -0.2) is 12.6 Å². The van der Waals surface area contributed by atoms with Crippen LogP contribution < -0.4 is 0 Å². The minimum absolute atomic E-state index is 0.0485. The molecule has 0 N–H and O–H groups in total. The molecule has 0 bridgehead atoms. The van der Waals surface area contributed by atoms with Gasteiger partial charge in [-0.3, -0.25) is 0 Å². The van der Waals surface area contributed by atoms with Gasteiger partial charge in [0.2, 0.25) is 0 Å². The van der Waals surface area contributed by atoms with Crippen LogP contribution in [0.2, 0.25) is 0 Å². The Morgan fingerprint density at radius 1 is 1.47 bits per heavy atom. The summed E-state index contributed by atoms with van der Waals surface area (Å²) in [6, 6.07) is 9.53. The predicted octanol–water partition coefficient (Wildman–Crippen LogP) is 2.85. The molecule has 3 nitrogen and oxygen atoms in total. The number of nitriles is 1. The maximum absolute atomic E-state index is 11.8. The summed E-state index contributed by atoms with van der Waals surface area (Å²) in [5, 5.41) is 8.68. The van der Waals surface area contributed by atoms with Crippen molar-refractivity contribution in [2.75, 3.05) is 6.61 Å². The van der Waals surface area contributed by atoms with Crippen LogP contribution in [-0.2, 0) is 4.74 Å². The first-order valence-corrected chi connectivity index (χ1v) is 5.77. The van der Waals surface area contributed by atoms with E-state index in [-0.39, 0.29) is 11.4 Å². The average molecular weight is 229 g/mol. The molecule has 0 aliphatic heterocycles. The van der Waals surface area contributed by atoms with Crippen LogP contribution in [0.5, 0.6) is 0 Å². The van der Waals surface area contributed by atoms with Gasteiger partial charge in [0, 0.05) is 11.8 Å². The molecule has 1 aromatic rings. The zero-order valence-electron chi connectivity index (χ0n) is 9.90. The van der Waals surface area contributed by atoms with Crippen LogP contribution in [0, 0.1) is 23.7 Å². The first kappa shape index (κ1) is 11.7. The van der Waals surface area contributed by atoms with Gasteiger partial charge in [0.05, 0.1) is 18.2 Å². The number of hydrogen-bond donors (Lipinski definition) is 0. The van der Waals surface area contributed by atoms with Gasteiger partial charge in [0.15, 0.2) is 0 Å². The van der Waals surface area contributed by atoms with E-state index in [0.717, 1.165) is 18.4 Å². The van der Waals surface area contributed by atoms with Gasteiger partial charge >= 0.3 is 5.97 Å². The number of aryl methyl sites for hydroxylation is 1. The lowest BCUT2D eigenvalue weighted by atomic mass is 10.1. The third-order valence-electron chi connectivity index (χ3n) is 3.29. The van der Waals surface area contributed by atoms with E-state index in [2.05, 4.69) is 6.07 Å². The van der Waals surface area contributed by atoms with Gasteiger partial charge in [-0.25, -0.2) is 4.79 Å². The van der Waals surface area contributed by atoms with Gasteiger partial charge in [0.1, 0.15) is 0 Å². The van der Waals surface area contributed by atoms with Crippen molar-refractivity contribution in [2.24, 2.45) is 5.41 Å². The maximum Gasteiger partial charge on any atom is 0.338 e. The van der Waals surface area contributed by atoms with Gasteiger partial charge in [-0.1, -0.05) is 18.2 Å². The van der Waals surface area contributed by atoms with Gasteiger partial charge in [-0.15, -0.1) is 0 Å². The lowest BCUT2D eigenvalue weighted by Gasteiger charge is -2.12. The third kappa shape index (κ3) is 2.65. The number of esters is 1. The lowest BCUT2D eigenvalue weighted by molar-refractivity contribution is 0.0418. The Balaban J connectivity index is 1.95. The minimum Gasteiger partial charge on any atom is -0.461 e. The Bertz CT molecular complexity index is 469. The van der Waals surface area contributed by atoms with Gasteiger partial charge < -0.3 is 4.74 Å². The molecule has 1 fully saturated rings. The molecular weight excluding hydrogens is 214 g/mol. The van der Waals surface area contributed by atoms with E-state index in [1.807, 2.05) is 25.1 Å².